The number of halogens is 3. The molecule has 0 radical (unpaired) electrons. The Kier molecular flexibility index (Phi) is 4.81. The molecule has 1 aromatic heterocycles. The Morgan fingerprint density at radius 1 is 1.00 bits per heavy atom. The van der Waals surface area contributed by atoms with Crippen molar-refractivity contribution in [1.29, 1.82) is 0 Å². The van der Waals surface area contributed by atoms with Crippen LogP contribution in [0.25, 0.3) is 0 Å². The minimum absolute atomic E-state index is 0.0279. The van der Waals surface area contributed by atoms with Gasteiger partial charge in [-0.25, -0.2) is 0 Å². The molecule has 1 atom stereocenters. The molecule has 1 aliphatic rings. The van der Waals surface area contributed by atoms with Crippen molar-refractivity contribution in [2.75, 3.05) is 4.90 Å². The van der Waals surface area contributed by atoms with E-state index in [0.29, 0.717) is 0 Å². The maximum absolute atomic E-state index is 13.0. The number of hydrogen-bond acceptors (Lipinski definition) is 5. The number of alkyl halides is 3. The Bertz CT molecular complexity index is 1180. The van der Waals surface area contributed by atoms with E-state index < -0.39 is 35.2 Å². The number of Topliss-reactive ketones (excluding diaryl/α,β-unsaturated/α-hetero) is 1. The molecule has 0 saturated carbocycles. The lowest BCUT2D eigenvalue weighted by molar-refractivity contribution is -0.137. The van der Waals surface area contributed by atoms with E-state index in [-0.39, 0.29) is 28.3 Å². The fourth-order valence-electron chi connectivity index (χ4n) is 3.47. The van der Waals surface area contributed by atoms with Crippen LogP contribution in [0.1, 0.15) is 27.7 Å². The van der Waals surface area contributed by atoms with Gasteiger partial charge in [-0.1, -0.05) is 12.1 Å². The fourth-order valence-corrected chi connectivity index (χ4v) is 3.47. The third kappa shape index (κ3) is 3.54. The van der Waals surface area contributed by atoms with Crippen molar-refractivity contribution >= 4 is 17.4 Å². The van der Waals surface area contributed by atoms with E-state index in [0.717, 1.165) is 29.2 Å². The average Bonchev–Trinajstić information content (AvgIpc) is 3.35. The molecule has 2 aromatic carbocycles. The molecule has 0 aliphatic carbocycles. The molecule has 2 heterocycles. The van der Waals surface area contributed by atoms with E-state index in [1.165, 1.54) is 42.7 Å². The number of phenols is 1. The molecule has 1 unspecified atom stereocenters. The van der Waals surface area contributed by atoms with Gasteiger partial charge in [-0.2, -0.15) is 13.2 Å². The van der Waals surface area contributed by atoms with Gasteiger partial charge in [-0.3, -0.25) is 14.5 Å². The summed E-state index contributed by atoms with van der Waals surface area (Å²) in [7, 11) is 0. The lowest BCUT2D eigenvalue weighted by atomic mass is 9.94. The Morgan fingerprint density at radius 3 is 2.29 bits per heavy atom. The number of furan rings is 1. The zero-order valence-electron chi connectivity index (χ0n) is 15.6. The van der Waals surface area contributed by atoms with Crippen molar-refractivity contribution in [3.05, 3.63) is 95.1 Å². The molecule has 9 heteroatoms. The van der Waals surface area contributed by atoms with Crippen LogP contribution in [0.2, 0.25) is 0 Å². The molecule has 4 rings (SSSR count). The summed E-state index contributed by atoms with van der Waals surface area (Å²) in [5.41, 5.74) is -0.932. The summed E-state index contributed by atoms with van der Waals surface area (Å²) in [5, 5.41) is 20.4. The number of aromatic hydroxyl groups is 1. The number of aliphatic hydroxyl groups is 1. The first-order valence-corrected chi connectivity index (χ1v) is 8.99. The molecule has 158 valence electrons. The van der Waals surface area contributed by atoms with Gasteiger partial charge in [0.2, 0.25) is 5.78 Å². The number of carbonyl (C=O) groups excluding carboxylic acids is 2. The number of benzene rings is 2. The number of amides is 1. The first-order valence-electron chi connectivity index (χ1n) is 8.99. The van der Waals surface area contributed by atoms with Crippen LogP contribution in [-0.2, 0) is 11.0 Å². The van der Waals surface area contributed by atoms with Gasteiger partial charge in [0.15, 0.2) is 11.5 Å². The van der Waals surface area contributed by atoms with Gasteiger partial charge in [0.05, 0.1) is 23.4 Å². The van der Waals surface area contributed by atoms with Crippen molar-refractivity contribution in [1.82, 2.24) is 0 Å². The van der Waals surface area contributed by atoms with Gasteiger partial charge in [0, 0.05) is 5.69 Å². The Hall–Kier alpha value is -4.01. The van der Waals surface area contributed by atoms with Crippen LogP contribution in [0.4, 0.5) is 18.9 Å². The summed E-state index contributed by atoms with van der Waals surface area (Å²) < 4.78 is 43.9. The molecular formula is C22H14F3NO5. The first-order chi connectivity index (χ1) is 14.7. The van der Waals surface area contributed by atoms with E-state index in [1.54, 1.807) is 0 Å². The summed E-state index contributed by atoms with van der Waals surface area (Å²) in [4.78, 5) is 26.9. The second-order valence-electron chi connectivity index (χ2n) is 6.79. The van der Waals surface area contributed by atoms with Gasteiger partial charge in [-0.15, -0.1) is 0 Å². The van der Waals surface area contributed by atoms with Gasteiger partial charge >= 0.3 is 6.18 Å². The van der Waals surface area contributed by atoms with Crippen molar-refractivity contribution in [2.45, 2.75) is 12.2 Å². The van der Waals surface area contributed by atoms with Crippen molar-refractivity contribution in [3.63, 3.8) is 0 Å². The lowest BCUT2D eigenvalue weighted by Gasteiger charge is -2.27. The first kappa shape index (κ1) is 20.3. The van der Waals surface area contributed by atoms with Crippen LogP contribution in [-0.4, -0.2) is 21.9 Å². The maximum Gasteiger partial charge on any atom is 0.416 e. The van der Waals surface area contributed by atoms with Gasteiger partial charge in [-0.05, 0) is 54.1 Å². The van der Waals surface area contributed by atoms with E-state index in [1.807, 2.05) is 0 Å². The van der Waals surface area contributed by atoms with Crippen molar-refractivity contribution in [2.24, 2.45) is 0 Å². The molecule has 0 bridgehead atoms. The van der Waals surface area contributed by atoms with Gasteiger partial charge < -0.3 is 14.6 Å². The zero-order chi connectivity index (χ0) is 22.3. The summed E-state index contributed by atoms with van der Waals surface area (Å²) in [6, 6.07) is 11.0. The topological polar surface area (TPSA) is 91.0 Å². The molecule has 0 fully saturated rings. The number of rotatable bonds is 4. The van der Waals surface area contributed by atoms with Crippen molar-refractivity contribution in [3.8, 4) is 5.75 Å². The van der Waals surface area contributed by atoms with E-state index in [9.17, 15) is 33.0 Å². The van der Waals surface area contributed by atoms with Crippen LogP contribution in [0.15, 0.2) is 82.7 Å². The quantitative estimate of drug-likeness (QED) is 0.582. The summed E-state index contributed by atoms with van der Waals surface area (Å²) in [6.45, 7) is 0. The van der Waals surface area contributed by atoms with E-state index in [2.05, 4.69) is 0 Å². The highest BCUT2D eigenvalue weighted by atomic mass is 19.4. The molecule has 6 nitrogen and oxygen atoms in total. The predicted octanol–water partition coefficient (Wildman–Crippen LogP) is 4.79. The lowest BCUT2D eigenvalue weighted by Crippen LogP contribution is -2.31. The number of anilines is 1. The minimum atomic E-state index is -4.57. The highest BCUT2D eigenvalue weighted by Gasteiger charge is 2.45. The van der Waals surface area contributed by atoms with Gasteiger partial charge in [0.1, 0.15) is 5.75 Å². The number of aliphatic hydroxyl groups excluding tert-OH is 1. The van der Waals surface area contributed by atoms with Crippen LogP contribution in [0.5, 0.6) is 5.75 Å². The van der Waals surface area contributed by atoms with Crippen LogP contribution < -0.4 is 4.90 Å². The highest BCUT2D eigenvalue weighted by Crippen LogP contribution is 2.43. The van der Waals surface area contributed by atoms with E-state index >= 15 is 0 Å². The second-order valence-corrected chi connectivity index (χ2v) is 6.79. The average molecular weight is 429 g/mol. The SMILES string of the molecule is O=C(C1=C(O)C(=O)N(c2ccc(C(F)(F)F)cc2)C1c1cccc(O)c1)c1ccco1. The minimum Gasteiger partial charge on any atom is -0.508 e. The van der Waals surface area contributed by atoms with Gasteiger partial charge in [0.25, 0.3) is 5.91 Å². The fraction of sp³-hybridized carbons (Fsp3) is 0.0909. The second kappa shape index (κ2) is 7.35. The number of phenolic OH excluding ortho intramolecular Hbond substituents is 1. The van der Waals surface area contributed by atoms with Crippen LogP contribution >= 0.6 is 0 Å². The maximum atomic E-state index is 13.0. The molecule has 1 aliphatic heterocycles. The number of carbonyl (C=O) groups is 2. The molecular weight excluding hydrogens is 415 g/mol. The number of nitrogens with zero attached hydrogens (tertiary/aromatic N) is 1. The van der Waals surface area contributed by atoms with Crippen LogP contribution in [0.3, 0.4) is 0 Å². The largest absolute Gasteiger partial charge is 0.508 e. The molecule has 3 aromatic rings. The van der Waals surface area contributed by atoms with E-state index in [4.69, 9.17) is 4.42 Å². The number of hydrogen-bond donors (Lipinski definition) is 2. The predicted molar refractivity (Wildman–Crippen MR) is 102 cm³/mol. The Morgan fingerprint density at radius 2 is 1.71 bits per heavy atom. The summed E-state index contributed by atoms with van der Waals surface area (Å²) in [6.07, 6.45) is -3.32. The molecule has 1 amide bonds. The molecule has 0 saturated heterocycles. The third-order valence-corrected chi connectivity index (χ3v) is 4.86. The zero-order valence-corrected chi connectivity index (χ0v) is 15.6. The number of ketones is 1. The standard InChI is InChI=1S/C22H14F3NO5/c23-22(24,25)13-6-8-14(9-7-13)26-18(12-3-1-4-15(27)11-12)17(20(29)21(26)30)19(28)16-5-2-10-31-16/h1-11,18,27,29H. The summed E-state index contributed by atoms with van der Waals surface area (Å²) >= 11 is 0. The highest BCUT2D eigenvalue weighted by molar-refractivity contribution is 6.20. The molecule has 0 spiro atoms. The Labute approximate surface area is 173 Å². The molecule has 2 N–H and O–H groups in total. The monoisotopic (exact) mass is 429 g/mol. The Balaban J connectivity index is 1.85. The van der Waals surface area contributed by atoms with Crippen LogP contribution in [0, 0.1) is 0 Å². The van der Waals surface area contributed by atoms with Crippen molar-refractivity contribution < 1.29 is 37.4 Å². The smallest absolute Gasteiger partial charge is 0.416 e. The third-order valence-electron chi connectivity index (χ3n) is 4.86. The molecule has 31 heavy (non-hydrogen) atoms. The summed E-state index contributed by atoms with van der Waals surface area (Å²) in [5.74, 6) is -2.88. The normalized spacial score (nSPS) is 16.8.